The summed E-state index contributed by atoms with van der Waals surface area (Å²) in [6.45, 7) is 5.19. The van der Waals surface area contributed by atoms with Gasteiger partial charge in [0.25, 0.3) is 10.0 Å². The fourth-order valence-corrected chi connectivity index (χ4v) is 5.28. The van der Waals surface area contributed by atoms with Crippen LogP contribution in [-0.2, 0) is 14.8 Å². The summed E-state index contributed by atoms with van der Waals surface area (Å²) in [5, 5.41) is 2.90. The maximum Gasteiger partial charge on any atom is 0.264 e. The van der Waals surface area contributed by atoms with Crippen LogP contribution in [0.15, 0.2) is 71.6 Å². The number of ether oxygens (including phenoxy) is 2. The van der Waals surface area contributed by atoms with E-state index >= 15 is 0 Å². The van der Waals surface area contributed by atoms with E-state index in [1.165, 1.54) is 12.1 Å². The summed E-state index contributed by atoms with van der Waals surface area (Å²) in [6.07, 6.45) is 0. The standard InChI is InChI=1S/C26H30N2O5S/c1-18-11-13-24(19(2)15-18)28(34(30,31)22-9-7-6-8-10-22)17-26(29)27-20(3)23-16-21(32-4)12-14-25(23)33-5/h6-16,20H,17H2,1-5H3,(H,27,29)/t20-/m1/s1. The minimum atomic E-state index is -3.98. The van der Waals surface area contributed by atoms with E-state index in [-0.39, 0.29) is 11.4 Å². The average Bonchev–Trinajstić information content (AvgIpc) is 2.83. The number of hydrogen-bond acceptors (Lipinski definition) is 5. The number of sulfonamides is 1. The molecule has 1 atom stereocenters. The lowest BCUT2D eigenvalue weighted by atomic mass is 10.1. The zero-order valence-corrected chi connectivity index (χ0v) is 20.8. The molecule has 34 heavy (non-hydrogen) atoms. The summed E-state index contributed by atoms with van der Waals surface area (Å²) in [4.78, 5) is 13.2. The highest BCUT2D eigenvalue weighted by atomic mass is 32.2. The Morgan fingerprint density at radius 2 is 1.68 bits per heavy atom. The lowest BCUT2D eigenvalue weighted by Gasteiger charge is -2.27. The molecular formula is C26H30N2O5S. The molecule has 0 radical (unpaired) electrons. The van der Waals surface area contributed by atoms with Crippen molar-refractivity contribution in [1.82, 2.24) is 5.32 Å². The Morgan fingerprint density at radius 3 is 2.29 bits per heavy atom. The number of nitrogens with zero attached hydrogens (tertiary/aromatic N) is 1. The van der Waals surface area contributed by atoms with Crippen LogP contribution in [0.2, 0.25) is 0 Å². The molecule has 0 aliphatic carbocycles. The first-order valence-corrected chi connectivity index (χ1v) is 12.3. The maximum atomic E-state index is 13.6. The van der Waals surface area contributed by atoms with E-state index in [4.69, 9.17) is 9.47 Å². The number of anilines is 1. The molecule has 7 nitrogen and oxygen atoms in total. The molecule has 3 aromatic rings. The number of nitrogens with one attached hydrogen (secondary N) is 1. The molecule has 0 unspecified atom stereocenters. The summed E-state index contributed by atoms with van der Waals surface area (Å²) < 4.78 is 39.0. The van der Waals surface area contributed by atoms with E-state index in [1.807, 2.05) is 32.9 Å². The Bertz CT molecular complexity index is 1260. The van der Waals surface area contributed by atoms with Crippen molar-refractivity contribution in [3.8, 4) is 11.5 Å². The molecule has 0 bridgehead atoms. The van der Waals surface area contributed by atoms with Gasteiger partial charge in [-0.1, -0.05) is 35.9 Å². The van der Waals surface area contributed by atoms with Crippen LogP contribution in [-0.4, -0.2) is 35.1 Å². The molecule has 1 amide bonds. The molecule has 0 aliphatic rings. The largest absolute Gasteiger partial charge is 0.497 e. The van der Waals surface area contributed by atoms with Crippen molar-refractivity contribution in [2.24, 2.45) is 0 Å². The van der Waals surface area contributed by atoms with Crippen LogP contribution < -0.4 is 19.1 Å². The summed E-state index contributed by atoms with van der Waals surface area (Å²) in [6, 6.07) is 18.4. The number of benzene rings is 3. The van der Waals surface area contributed by atoms with E-state index in [2.05, 4.69) is 5.32 Å². The molecule has 0 spiro atoms. The molecule has 0 aliphatic heterocycles. The van der Waals surface area contributed by atoms with Crippen LogP contribution >= 0.6 is 0 Å². The first-order valence-electron chi connectivity index (χ1n) is 10.8. The predicted octanol–water partition coefficient (Wildman–Crippen LogP) is 4.39. The van der Waals surface area contributed by atoms with Crippen molar-refractivity contribution in [3.05, 3.63) is 83.4 Å². The maximum absolute atomic E-state index is 13.6. The van der Waals surface area contributed by atoms with Gasteiger partial charge in [-0.15, -0.1) is 0 Å². The Labute approximate surface area is 201 Å². The first kappa shape index (κ1) is 25.1. The van der Waals surface area contributed by atoms with Crippen molar-refractivity contribution in [2.75, 3.05) is 25.1 Å². The third-order valence-electron chi connectivity index (χ3n) is 5.52. The fourth-order valence-electron chi connectivity index (χ4n) is 3.78. The number of amides is 1. The Kier molecular flexibility index (Phi) is 7.83. The van der Waals surface area contributed by atoms with Crippen LogP contribution in [0.5, 0.6) is 11.5 Å². The second kappa shape index (κ2) is 10.6. The minimum Gasteiger partial charge on any atom is -0.497 e. The van der Waals surface area contributed by atoms with Crippen molar-refractivity contribution in [2.45, 2.75) is 31.7 Å². The second-order valence-corrected chi connectivity index (χ2v) is 9.87. The lowest BCUT2D eigenvalue weighted by Crippen LogP contribution is -2.42. The zero-order chi connectivity index (χ0) is 24.9. The zero-order valence-electron chi connectivity index (χ0n) is 20.0. The van der Waals surface area contributed by atoms with Gasteiger partial charge in [-0.25, -0.2) is 8.42 Å². The minimum absolute atomic E-state index is 0.116. The number of aryl methyl sites for hydroxylation is 2. The van der Waals surface area contributed by atoms with Crippen LogP contribution in [0.3, 0.4) is 0 Å². The summed E-state index contributed by atoms with van der Waals surface area (Å²) in [5.41, 5.74) is 2.94. The van der Waals surface area contributed by atoms with Crippen molar-refractivity contribution >= 4 is 21.6 Å². The van der Waals surface area contributed by atoms with Crippen molar-refractivity contribution in [3.63, 3.8) is 0 Å². The smallest absolute Gasteiger partial charge is 0.264 e. The fraction of sp³-hybridized carbons (Fsp3) is 0.269. The van der Waals surface area contributed by atoms with Gasteiger partial charge in [0.2, 0.25) is 5.91 Å². The molecule has 0 heterocycles. The highest BCUT2D eigenvalue weighted by Crippen LogP contribution is 2.30. The van der Waals surface area contributed by atoms with Crippen LogP contribution in [0.4, 0.5) is 5.69 Å². The second-order valence-electron chi connectivity index (χ2n) is 8.01. The molecule has 3 rings (SSSR count). The molecular weight excluding hydrogens is 452 g/mol. The summed E-state index contributed by atoms with van der Waals surface area (Å²) in [7, 11) is -0.870. The highest BCUT2D eigenvalue weighted by molar-refractivity contribution is 7.92. The van der Waals surface area contributed by atoms with Crippen LogP contribution in [0.1, 0.15) is 29.7 Å². The normalized spacial score (nSPS) is 12.0. The number of carbonyl (C=O) groups is 1. The molecule has 8 heteroatoms. The van der Waals surface area contributed by atoms with Crippen LogP contribution in [0.25, 0.3) is 0 Å². The van der Waals surface area contributed by atoms with E-state index < -0.39 is 22.0 Å². The third kappa shape index (κ3) is 5.51. The Hall–Kier alpha value is -3.52. The quantitative estimate of drug-likeness (QED) is 0.489. The number of hydrogen-bond donors (Lipinski definition) is 1. The number of methoxy groups -OCH3 is 2. The Morgan fingerprint density at radius 1 is 0.971 bits per heavy atom. The molecule has 0 aromatic heterocycles. The van der Waals surface area contributed by atoms with Gasteiger partial charge in [0.15, 0.2) is 0 Å². The highest BCUT2D eigenvalue weighted by Gasteiger charge is 2.29. The molecule has 3 aromatic carbocycles. The van der Waals surface area contributed by atoms with Crippen molar-refractivity contribution < 1.29 is 22.7 Å². The third-order valence-corrected chi connectivity index (χ3v) is 7.29. The van der Waals surface area contributed by atoms with E-state index in [9.17, 15) is 13.2 Å². The van der Waals surface area contributed by atoms with E-state index in [0.717, 1.165) is 21.0 Å². The van der Waals surface area contributed by atoms with Gasteiger partial charge in [0, 0.05) is 5.56 Å². The monoisotopic (exact) mass is 482 g/mol. The van der Waals surface area contributed by atoms with Gasteiger partial charge in [-0.2, -0.15) is 0 Å². The van der Waals surface area contributed by atoms with Gasteiger partial charge in [-0.05, 0) is 62.7 Å². The summed E-state index contributed by atoms with van der Waals surface area (Å²) in [5.74, 6) is 0.772. The van der Waals surface area contributed by atoms with Crippen LogP contribution in [0, 0.1) is 13.8 Å². The van der Waals surface area contributed by atoms with Gasteiger partial charge < -0.3 is 14.8 Å². The molecule has 180 valence electrons. The SMILES string of the molecule is COc1ccc(OC)c([C@@H](C)NC(=O)CN(c2ccc(C)cc2C)S(=O)(=O)c2ccccc2)c1. The first-order chi connectivity index (χ1) is 16.2. The van der Waals surface area contributed by atoms with E-state index in [0.29, 0.717) is 17.2 Å². The number of carbonyl (C=O) groups excluding carboxylic acids is 1. The molecule has 0 fully saturated rings. The predicted molar refractivity (Wildman–Crippen MR) is 133 cm³/mol. The van der Waals surface area contributed by atoms with E-state index in [1.54, 1.807) is 56.7 Å². The lowest BCUT2D eigenvalue weighted by molar-refractivity contribution is -0.120. The van der Waals surface area contributed by atoms with Crippen molar-refractivity contribution in [1.29, 1.82) is 0 Å². The average molecular weight is 483 g/mol. The summed E-state index contributed by atoms with van der Waals surface area (Å²) >= 11 is 0. The molecule has 0 saturated carbocycles. The van der Waals surface area contributed by atoms with Gasteiger partial charge in [0.05, 0.1) is 30.8 Å². The van der Waals surface area contributed by atoms with Gasteiger partial charge in [-0.3, -0.25) is 9.10 Å². The molecule has 0 saturated heterocycles. The molecule has 1 N–H and O–H groups in total. The Balaban J connectivity index is 1.93. The topological polar surface area (TPSA) is 84.9 Å². The van der Waals surface area contributed by atoms with Gasteiger partial charge >= 0.3 is 0 Å². The number of rotatable bonds is 9. The van der Waals surface area contributed by atoms with Gasteiger partial charge in [0.1, 0.15) is 18.0 Å².